The van der Waals surface area contributed by atoms with E-state index in [0.717, 1.165) is 5.56 Å². The zero-order chi connectivity index (χ0) is 8.27. The fourth-order valence-corrected chi connectivity index (χ4v) is 0.689. The lowest BCUT2D eigenvalue weighted by Crippen LogP contribution is -1.96. The molecule has 0 aliphatic rings. The molecule has 0 aliphatic heterocycles. The Balaban J connectivity index is 2.91. The topological polar surface area (TPSA) is 69.2 Å². The zero-order valence-electron chi connectivity index (χ0n) is 5.78. The molecule has 0 aliphatic carbocycles. The fraction of sp³-hybridized carbons (Fsp3) is 0.143. The van der Waals surface area contributed by atoms with Crippen LogP contribution in [-0.2, 0) is 6.54 Å². The van der Waals surface area contributed by atoms with Crippen LogP contribution in [0.4, 0.5) is 5.69 Å². The predicted molar refractivity (Wildman–Crippen MR) is 39.8 cm³/mol. The van der Waals surface area contributed by atoms with Gasteiger partial charge in [-0.3, -0.25) is 10.1 Å². The minimum atomic E-state index is -0.462. The van der Waals surface area contributed by atoms with Crippen molar-refractivity contribution in [3.63, 3.8) is 0 Å². The van der Waals surface area contributed by atoms with Gasteiger partial charge in [0.2, 0.25) is 0 Å². The van der Waals surface area contributed by atoms with Gasteiger partial charge in [0, 0.05) is 18.7 Å². The average molecular weight is 151 g/mol. The summed E-state index contributed by atoms with van der Waals surface area (Å²) in [6.45, 7) is 0.359. The molecule has 0 saturated heterocycles. The largest absolute Gasteiger partial charge is 0.326 e. The summed E-state index contributed by atoms with van der Waals surface area (Å²) in [5, 5.41) is 10.2. The average Bonchev–Trinajstić information content (AvgIpc) is 2.05. The second-order valence-corrected chi connectivity index (χ2v) is 2.03. The highest BCUT2D eigenvalue weighted by Gasteiger charge is 2.02. The van der Waals surface area contributed by atoms with Gasteiger partial charge >= 0.3 is 0 Å². The molecular formula is C7H7N2O2. The van der Waals surface area contributed by atoms with Gasteiger partial charge in [0.05, 0.1) is 4.92 Å². The van der Waals surface area contributed by atoms with Gasteiger partial charge in [0.25, 0.3) is 5.69 Å². The van der Waals surface area contributed by atoms with Gasteiger partial charge in [0.15, 0.2) is 0 Å². The van der Waals surface area contributed by atoms with E-state index >= 15 is 0 Å². The number of rotatable bonds is 2. The van der Waals surface area contributed by atoms with Gasteiger partial charge in [-0.15, -0.1) is 0 Å². The first-order chi connectivity index (χ1) is 5.24. The number of benzene rings is 1. The molecular weight excluding hydrogens is 144 g/mol. The first-order valence-electron chi connectivity index (χ1n) is 3.09. The van der Waals surface area contributed by atoms with Crippen molar-refractivity contribution in [2.75, 3.05) is 0 Å². The summed E-state index contributed by atoms with van der Waals surface area (Å²) in [6.07, 6.45) is 0. The molecule has 57 valence electrons. The van der Waals surface area contributed by atoms with Gasteiger partial charge in [0.1, 0.15) is 0 Å². The van der Waals surface area contributed by atoms with Crippen LogP contribution in [0.1, 0.15) is 5.56 Å². The van der Waals surface area contributed by atoms with Crippen LogP contribution in [0, 0.1) is 16.2 Å². The number of hydrogen-bond acceptors (Lipinski definition) is 3. The molecule has 2 N–H and O–H groups in total. The summed E-state index contributed by atoms with van der Waals surface area (Å²) >= 11 is 0. The quantitative estimate of drug-likeness (QED) is 0.503. The fourth-order valence-electron chi connectivity index (χ4n) is 0.689. The van der Waals surface area contributed by atoms with Crippen molar-refractivity contribution in [2.45, 2.75) is 6.54 Å². The Labute approximate surface area is 63.8 Å². The first-order valence-corrected chi connectivity index (χ1v) is 3.09. The third kappa shape index (κ3) is 1.75. The van der Waals surface area contributed by atoms with Crippen LogP contribution >= 0.6 is 0 Å². The summed E-state index contributed by atoms with van der Waals surface area (Å²) in [7, 11) is 0. The number of nitrogens with zero attached hydrogens (tertiary/aromatic N) is 1. The lowest BCUT2D eigenvalue weighted by molar-refractivity contribution is -0.384. The van der Waals surface area contributed by atoms with Crippen molar-refractivity contribution in [3.8, 4) is 0 Å². The van der Waals surface area contributed by atoms with E-state index in [1.54, 1.807) is 6.07 Å². The van der Waals surface area contributed by atoms with Gasteiger partial charge in [-0.1, -0.05) is 6.07 Å². The highest BCUT2D eigenvalue weighted by molar-refractivity contribution is 5.31. The highest BCUT2D eigenvalue weighted by Crippen LogP contribution is 2.10. The van der Waals surface area contributed by atoms with E-state index in [-0.39, 0.29) is 5.69 Å². The van der Waals surface area contributed by atoms with E-state index < -0.39 is 4.92 Å². The summed E-state index contributed by atoms with van der Waals surface area (Å²) in [6, 6.07) is 7.03. The predicted octanol–water partition coefficient (Wildman–Crippen LogP) is 0.854. The van der Waals surface area contributed by atoms with Crippen molar-refractivity contribution in [2.24, 2.45) is 5.73 Å². The Hall–Kier alpha value is -1.42. The smallest absolute Gasteiger partial charge is 0.270 e. The molecule has 11 heavy (non-hydrogen) atoms. The van der Waals surface area contributed by atoms with E-state index in [1.165, 1.54) is 12.1 Å². The number of nitro groups is 1. The standard InChI is InChI=1S/C7H7N2O2/c8-5-6-1-3-7(4-2-6)9(10)11/h1,3-4H,5,8H2. The maximum absolute atomic E-state index is 10.2. The number of nitrogens with two attached hydrogens (primary N) is 1. The summed E-state index contributed by atoms with van der Waals surface area (Å²) in [5.74, 6) is 0. The van der Waals surface area contributed by atoms with Crippen LogP contribution in [0.25, 0.3) is 0 Å². The minimum Gasteiger partial charge on any atom is -0.326 e. The van der Waals surface area contributed by atoms with E-state index in [9.17, 15) is 10.1 Å². The molecule has 0 spiro atoms. The molecule has 1 aromatic rings. The summed E-state index contributed by atoms with van der Waals surface area (Å²) < 4.78 is 0. The van der Waals surface area contributed by atoms with Crippen LogP contribution in [0.3, 0.4) is 0 Å². The third-order valence-corrected chi connectivity index (χ3v) is 1.29. The molecule has 4 heteroatoms. The number of non-ortho nitro benzene ring substituents is 1. The minimum absolute atomic E-state index is 0.0437. The van der Waals surface area contributed by atoms with E-state index in [2.05, 4.69) is 6.07 Å². The van der Waals surface area contributed by atoms with E-state index in [4.69, 9.17) is 5.73 Å². The summed E-state index contributed by atoms with van der Waals surface area (Å²) in [4.78, 5) is 9.69. The molecule has 0 saturated carbocycles. The molecule has 1 radical (unpaired) electrons. The van der Waals surface area contributed by atoms with Crippen LogP contribution in [0.15, 0.2) is 18.2 Å². The van der Waals surface area contributed by atoms with Crippen LogP contribution in [-0.4, -0.2) is 4.92 Å². The molecule has 0 unspecified atom stereocenters. The van der Waals surface area contributed by atoms with Gasteiger partial charge < -0.3 is 5.73 Å². The molecule has 0 amide bonds. The first kappa shape index (κ1) is 7.68. The molecule has 0 aromatic heterocycles. The Kier molecular flexibility index (Phi) is 2.18. The third-order valence-electron chi connectivity index (χ3n) is 1.29. The van der Waals surface area contributed by atoms with Gasteiger partial charge in [-0.05, 0) is 11.6 Å². The summed E-state index contributed by atoms with van der Waals surface area (Å²) in [5.41, 5.74) is 6.09. The lowest BCUT2D eigenvalue weighted by Gasteiger charge is -1.93. The van der Waals surface area contributed by atoms with Gasteiger partial charge in [-0.2, -0.15) is 0 Å². The second-order valence-electron chi connectivity index (χ2n) is 2.03. The molecule has 0 fully saturated rings. The van der Waals surface area contributed by atoms with E-state index in [0.29, 0.717) is 6.54 Å². The van der Waals surface area contributed by atoms with Crippen LogP contribution < -0.4 is 5.73 Å². The zero-order valence-corrected chi connectivity index (χ0v) is 5.78. The Morgan fingerprint density at radius 1 is 1.64 bits per heavy atom. The number of nitro benzene ring substituents is 1. The highest BCUT2D eigenvalue weighted by atomic mass is 16.6. The second kappa shape index (κ2) is 3.12. The maximum Gasteiger partial charge on any atom is 0.270 e. The Morgan fingerprint density at radius 2 is 2.36 bits per heavy atom. The SMILES string of the molecule is NCc1[c]cc([N+](=O)[O-])cc1. The monoisotopic (exact) mass is 151 g/mol. The van der Waals surface area contributed by atoms with Crippen molar-refractivity contribution in [3.05, 3.63) is 39.9 Å². The van der Waals surface area contributed by atoms with Crippen molar-refractivity contribution >= 4 is 5.69 Å². The van der Waals surface area contributed by atoms with Crippen molar-refractivity contribution < 1.29 is 4.92 Å². The molecule has 4 nitrogen and oxygen atoms in total. The molecule has 1 aromatic carbocycles. The van der Waals surface area contributed by atoms with E-state index in [1.807, 2.05) is 0 Å². The van der Waals surface area contributed by atoms with Crippen LogP contribution in [0.5, 0.6) is 0 Å². The molecule has 0 bridgehead atoms. The molecule has 1 rings (SSSR count). The molecule has 0 atom stereocenters. The lowest BCUT2D eigenvalue weighted by atomic mass is 10.2. The number of hydrogen-bond donors (Lipinski definition) is 1. The Bertz CT molecular complexity index is 256. The van der Waals surface area contributed by atoms with Crippen LogP contribution in [0.2, 0.25) is 0 Å². The van der Waals surface area contributed by atoms with Crippen molar-refractivity contribution in [1.29, 1.82) is 0 Å². The van der Waals surface area contributed by atoms with Gasteiger partial charge in [-0.25, -0.2) is 0 Å². The Morgan fingerprint density at radius 3 is 2.73 bits per heavy atom. The normalized spacial score (nSPS) is 9.55. The van der Waals surface area contributed by atoms with Crippen molar-refractivity contribution in [1.82, 2.24) is 0 Å². The molecule has 0 heterocycles. The maximum atomic E-state index is 10.2.